The number of hydrogen-bond acceptors (Lipinski definition) is 6. The molecule has 0 bridgehead atoms. The summed E-state index contributed by atoms with van der Waals surface area (Å²) in [6, 6.07) is 12.0. The van der Waals surface area contributed by atoms with Crippen LogP contribution in [0.25, 0.3) is 21.1 Å². The van der Waals surface area contributed by atoms with Gasteiger partial charge in [-0.3, -0.25) is 14.3 Å². The lowest BCUT2D eigenvalue weighted by Crippen LogP contribution is -2.34. The Morgan fingerprint density at radius 3 is 2.87 bits per heavy atom. The van der Waals surface area contributed by atoms with E-state index < -0.39 is 0 Å². The summed E-state index contributed by atoms with van der Waals surface area (Å²) in [6.07, 6.45) is 5.68. The minimum atomic E-state index is -0.0812. The second kappa shape index (κ2) is 10.1. The van der Waals surface area contributed by atoms with E-state index in [0.29, 0.717) is 24.1 Å². The van der Waals surface area contributed by atoms with Gasteiger partial charge in [0.25, 0.3) is 5.91 Å². The molecule has 3 aromatic heterocycles. The van der Waals surface area contributed by atoms with Gasteiger partial charge in [-0.05, 0) is 69.0 Å². The number of fused-ring (bicyclic) bond motifs is 2. The molecule has 1 unspecified atom stereocenters. The van der Waals surface area contributed by atoms with Gasteiger partial charge in [0.15, 0.2) is 0 Å². The molecule has 2 N–H and O–H groups in total. The number of thiophene rings is 1. The van der Waals surface area contributed by atoms with Crippen LogP contribution in [-0.4, -0.2) is 58.7 Å². The van der Waals surface area contributed by atoms with Gasteiger partial charge in [-0.2, -0.15) is 0 Å². The molecule has 9 heteroatoms. The summed E-state index contributed by atoms with van der Waals surface area (Å²) < 4.78 is 7.70. The number of amides is 2. The fourth-order valence-corrected chi connectivity index (χ4v) is 6.04. The van der Waals surface area contributed by atoms with Gasteiger partial charge < -0.3 is 20.3 Å². The number of likely N-dealkylation sites (tertiary alicyclic amines) is 1. The lowest BCUT2D eigenvalue weighted by atomic mass is 10.2. The molecular formula is C29H29N5O3S. The standard InChI is InChI=1S/C29H29N5O3S/c1-18-15-19-16-21(9-10-25(19)34(18)29(36)32-20-7-8-20)31-23-11-12-30-24-17-26(38-27(23)24)28(35)33-13-3-5-22(33)6-4-14-37-2/h9-12,15-17,20,22H,3,5,7-8,13-14H2,1-2H3,(H,30,31)(H,32,36). The number of ether oxygens (including phenoxy) is 1. The van der Waals surface area contributed by atoms with E-state index in [1.165, 1.54) is 11.3 Å². The fraction of sp³-hybridized carbons (Fsp3) is 0.345. The van der Waals surface area contributed by atoms with Crippen molar-refractivity contribution in [3.8, 4) is 11.8 Å². The average molecular weight is 528 g/mol. The molecule has 4 aromatic rings. The molecule has 0 radical (unpaired) electrons. The van der Waals surface area contributed by atoms with Crippen LogP contribution in [0.2, 0.25) is 0 Å². The van der Waals surface area contributed by atoms with E-state index in [4.69, 9.17) is 4.74 Å². The Bertz CT molecular complexity index is 1610. The molecule has 8 nitrogen and oxygen atoms in total. The summed E-state index contributed by atoms with van der Waals surface area (Å²) in [4.78, 5) is 33.2. The van der Waals surface area contributed by atoms with Crippen LogP contribution < -0.4 is 10.6 Å². The SMILES string of the molecule is COCC#CC1CCCN1C(=O)c1cc2nccc(Nc3ccc4c(c3)cc(C)n4C(=O)NC3CC3)c2s1. The molecule has 1 saturated carbocycles. The van der Waals surface area contributed by atoms with Crippen molar-refractivity contribution in [3.05, 3.63) is 53.2 Å². The molecule has 2 fully saturated rings. The van der Waals surface area contributed by atoms with Gasteiger partial charge in [0, 0.05) is 42.7 Å². The van der Waals surface area contributed by atoms with Crippen molar-refractivity contribution in [2.24, 2.45) is 0 Å². The normalized spacial score (nSPS) is 17.0. The van der Waals surface area contributed by atoms with Crippen molar-refractivity contribution in [1.82, 2.24) is 19.8 Å². The molecule has 6 rings (SSSR count). The largest absolute Gasteiger partial charge is 0.372 e. The van der Waals surface area contributed by atoms with Crippen molar-refractivity contribution < 1.29 is 14.3 Å². The van der Waals surface area contributed by atoms with Crippen LogP contribution in [0.1, 0.15) is 41.0 Å². The summed E-state index contributed by atoms with van der Waals surface area (Å²) >= 11 is 1.45. The number of hydrogen-bond donors (Lipinski definition) is 2. The Morgan fingerprint density at radius 2 is 2.05 bits per heavy atom. The van der Waals surface area contributed by atoms with E-state index in [9.17, 15) is 9.59 Å². The number of carbonyl (C=O) groups is 2. The molecular weight excluding hydrogens is 498 g/mol. The highest BCUT2D eigenvalue weighted by atomic mass is 32.1. The monoisotopic (exact) mass is 527 g/mol. The van der Waals surface area contributed by atoms with E-state index in [0.717, 1.165) is 63.9 Å². The van der Waals surface area contributed by atoms with Gasteiger partial charge in [0.1, 0.15) is 6.61 Å². The van der Waals surface area contributed by atoms with E-state index >= 15 is 0 Å². The van der Waals surface area contributed by atoms with Crippen molar-refractivity contribution in [3.63, 3.8) is 0 Å². The molecule has 2 amide bonds. The maximum absolute atomic E-state index is 13.4. The number of pyridine rings is 1. The summed E-state index contributed by atoms with van der Waals surface area (Å²) in [7, 11) is 1.62. The van der Waals surface area contributed by atoms with Crippen LogP contribution in [-0.2, 0) is 4.74 Å². The number of aryl methyl sites for hydroxylation is 1. The lowest BCUT2D eigenvalue weighted by Gasteiger charge is -2.19. The number of nitrogens with zero attached hydrogens (tertiary/aromatic N) is 3. The van der Waals surface area contributed by atoms with Crippen LogP contribution in [0.5, 0.6) is 0 Å². The third-order valence-electron chi connectivity index (χ3n) is 6.99. The summed E-state index contributed by atoms with van der Waals surface area (Å²) in [5.74, 6) is 6.18. The topological polar surface area (TPSA) is 88.5 Å². The predicted octanol–water partition coefficient (Wildman–Crippen LogP) is 5.28. The van der Waals surface area contributed by atoms with Crippen molar-refractivity contribution in [2.45, 2.75) is 44.7 Å². The van der Waals surface area contributed by atoms with Crippen LogP contribution in [0.15, 0.2) is 42.6 Å². The maximum atomic E-state index is 13.4. The smallest absolute Gasteiger partial charge is 0.326 e. The number of anilines is 2. The second-order valence-electron chi connectivity index (χ2n) is 9.84. The molecule has 0 spiro atoms. The van der Waals surface area contributed by atoms with Gasteiger partial charge in [-0.1, -0.05) is 11.8 Å². The van der Waals surface area contributed by atoms with Crippen molar-refractivity contribution in [2.75, 3.05) is 25.6 Å². The Hall–Kier alpha value is -3.87. The molecule has 1 aromatic carbocycles. The first-order valence-corrected chi connectivity index (χ1v) is 13.7. The molecule has 1 atom stereocenters. The Kier molecular flexibility index (Phi) is 6.52. The molecule has 1 aliphatic heterocycles. The number of benzene rings is 1. The average Bonchev–Trinajstić information content (AvgIpc) is 3.28. The highest BCUT2D eigenvalue weighted by Gasteiger charge is 2.29. The third kappa shape index (κ3) is 4.73. The molecule has 194 valence electrons. The van der Waals surface area contributed by atoms with Gasteiger partial charge in [-0.15, -0.1) is 11.3 Å². The summed E-state index contributed by atoms with van der Waals surface area (Å²) in [5.41, 5.74) is 4.35. The molecule has 38 heavy (non-hydrogen) atoms. The minimum absolute atomic E-state index is 0.00382. The molecule has 1 aliphatic carbocycles. The number of aromatic nitrogens is 2. The Balaban J connectivity index is 1.25. The zero-order valence-corrected chi connectivity index (χ0v) is 22.2. The third-order valence-corrected chi connectivity index (χ3v) is 8.14. The van der Waals surface area contributed by atoms with Crippen LogP contribution in [0, 0.1) is 18.8 Å². The first-order chi connectivity index (χ1) is 18.5. The van der Waals surface area contributed by atoms with Gasteiger partial charge in [0.05, 0.1) is 32.3 Å². The fourth-order valence-electron chi connectivity index (χ4n) is 5.00. The lowest BCUT2D eigenvalue weighted by molar-refractivity contribution is 0.0770. The minimum Gasteiger partial charge on any atom is -0.372 e. The number of nitrogens with one attached hydrogen (secondary N) is 2. The van der Waals surface area contributed by atoms with Crippen LogP contribution in [0.4, 0.5) is 16.2 Å². The zero-order chi connectivity index (χ0) is 26.2. The molecule has 2 aliphatic rings. The molecule has 1 saturated heterocycles. The van der Waals surface area contributed by atoms with E-state index in [1.54, 1.807) is 17.9 Å². The Morgan fingerprint density at radius 1 is 1.18 bits per heavy atom. The Labute approximate surface area is 225 Å². The number of rotatable bonds is 5. The first-order valence-electron chi connectivity index (χ1n) is 12.9. The van der Waals surface area contributed by atoms with Crippen LogP contribution >= 0.6 is 11.3 Å². The van der Waals surface area contributed by atoms with Gasteiger partial charge >= 0.3 is 6.03 Å². The van der Waals surface area contributed by atoms with Gasteiger partial charge in [-0.25, -0.2) is 4.79 Å². The second-order valence-corrected chi connectivity index (χ2v) is 10.9. The summed E-state index contributed by atoms with van der Waals surface area (Å²) in [6.45, 7) is 3.02. The highest BCUT2D eigenvalue weighted by Crippen LogP contribution is 2.35. The maximum Gasteiger partial charge on any atom is 0.326 e. The van der Waals surface area contributed by atoms with Gasteiger partial charge in [0.2, 0.25) is 0 Å². The zero-order valence-electron chi connectivity index (χ0n) is 21.4. The van der Waals surface area contributed by atoms with Crippen molar-refractivity contribution in [1.29, 1.82) is 0 Å². The van der Waals surface area contributed by atoms with Crippen molar-refractivity contribution >= 4 is 55.8 Å². The predicted molar refractivity (Wildman–Crippen MR) is 150 cm³/mol. The first kappa shape index (κ1) is 24.5. The quantitative estimate of drug-likeness (QED) is 0.345. The van der Waals surface area contributed by atoms with E-state index in [-0.39, 0.29) is 18.0 Å². The van der Waals surface area contributed by atoms with E-state index in [2.05, 4.69) is 27.5 Å². The summed E-state index contributed by atoms with van der Waals surface area (Å²) in [5, 5.41) is 7.56. The van der Waals surface area contributed by atoms with E-state index in [1.807, 2.05) is 48.2 Å². The highest BCUT2D eigenvalue weighted by molar-refractivity contribution is 7.21. The number of carbonyl (C=O) groups excluding carboxylic acids is 2. The van der Waals surface area contributed by atoms with Crippen LogP contribution in [0.3, 0.4) is 0 Å². The number of methoxy groups -OCH3 is 1. The molecule has 4 heterocycles.